The summed E-state index contributed by atoms with van der Waals surface area (Å²) in [5, 5.41) is 0. The first-order valence-electron chi connectivity index (χ1n) is 1.13. The second kappa shape index (κ2) is 11.9. The SMILES string of the molecule is [K+].[K+].[O-]P(O)OP([O-])O. The van der Waals surface area contributed by atoms with Crippen LogP contribution in [0.25, 0.3) is 0 Å². The molecule has 0 saturated heterocycles. The smallest absolute Gasteiger partial charge is 0.786 e. The largest absolute Gasteiger partial charge is 1.00 e. The maximum absolute atomic E-state index is 9.39. The Kier molecular flexibility index (Phi) is 24.7. The molecule has 0 aromatic carbocycles. The molecule has 0 aromatic rings. The Bertz CT molecular complexity index is 42.2. The molecule has 0 aromatic heterocycles. The second-order valence-electron chi connectivity index (χ2n) is 0.557. The Hall–Kier alpha value is 3.93. The van der Waals surface area contributed by atoms with Gasteiger partial charge in [0.15, 0.2) is 0 Å². The van der Waals surface area contributed by atoms with Gasteiger partial charge < -0.3 is 23.9 Å². The zero-order valence-electron chi connectivity index (χ0n) is 5.01. The maximum atomic E-state index is 9.39. The van der Waals surface area contributed by atoms with Crippen LogP contribution in [0.15, 0.2) is 0 Å². The van der Waals surface area contributed by atoms with Gasteiger partial charge in [-0.25, -0.2) is 0 Å². The Balaban J connectivity index is -0.000000180. The average molecular weight is 222 g/mol. The van der Waals surface area contributed by atoms with Gasteiger partial charge in [0.05, 0.1) is 17.2 Å². The van der Waals surface area contributed by atoms with Crippen molar-refractivity contribution in [2.45, 2.75) is 0 Å². The fourth-order valence-corrected chi connectivity index (χ4v) is 0.538. The van der Waals surface area contributed by atoms with Crippen LogP contribution in [-0.2, 0) is 4.31 Å². The monoisotopic (exact) mass is 222 g/mol. The minimum Gasteiger partial charge on any atom is -0.786 e. The molecule has 2 N–H and O–H groups in total. The van der Waals surface area contributed by atoms with E-state index in [0.717, 1.165) is 0 Å². The van der Waals surface area contributed by atoms with Gasteiger partial charge in [-0.15, -0.1) is 0 Å². The molecule has 0 fully saturated rings. The van der Waals surface area contributed by atoms with Gasteiger partial charge in [0.1, 0.15) is 0 Å². The van der Waals surface area contributed by atoms with E-state index >= 15 is 0 Å². The molecule has 0 rings (SSSR count). The van der Waals surface area contributed by atoms with Gasteiger partial charge >= 0.3 is 103 Å². The predicted molar refractivity (Wildman–Crippen MR) is 19.4 cm³/mol. The van der Waals surface area contributed by atoms with Crippen LogP contribution in [0.1, 0.15) is 0 Å². The van der Waals surface area contributed by atoms with Gasteiger partial charge in [-0.1, -0.05) is 0 Å². The molecule has 9 heavy (non-hydrogen) atoms. The van der Waals surface area contributed by atoms with Gasteiger partial charge in [-0.3, -0.25) is 0 Å². The Morgan fingerprint density at radius 3 is 1.22 bits per heavy atom. The van der Waals surface area contributed by atoms with Crippen molar-refractivity contribution in [3.63, 3.8) is 0 Å². The first-order chi connectivity index (χ1) is 3.13. The van der Waals surface area contributed by atoms with Gasteiger partial charge in [-0.2, -0.15) is 0 Å². The summed E-state index contributed by atoms with van der Waals surface area (Å²) in [6.45, 7) is 0. The Labute approximate surface area is 140 Å². The molecule has 0 aliphatic rings. The fourth-order valence-electron chi connectivity index (χ4n) is 0.0598. The second-order valence-corrected chi connectivity index (χ2v) is 2.16. The van der Waals surface area contributed by atoms with E-state index in [1.807, 2.05) is 0 Å². The van der Waals surface area contributed by atoms with Crippen LogP contribution in [0.2, 0.25) is 0 Å². The van der Waals surface area contributed by atoms with Gasteiger partial charge in [0, 0.05) is 0 Å². The molecule has 0 saturated carbocycles. The summed E-state index contributed by atoms with van der Waals surface area (Å²) in [6, 6.07) is 0. The van der Waals surface area contributed by atoms with Crippen LogP contribution in [0.3, 0.4) is 0 Å². The maximum Gasteiger partial charge on any atom is 1.00 e. The van der Waals surface area contributed by atoms with E-state index in [2.05, 4.69) is 4.31 Å². The van der Waals surface area contributed by atoms with Gasteiger partial charge in [0.25, 0.3) is 0 Å². The minimum atomic E-state index is -2.92. The topological polar surface area (TPSA) is 95.8 Å². The third-order valence-corrected chi connectivity index (χ3v) is 1.26. The van der Waals surface area contributed by atoms with Crippen molar-refractivity contribution in [3.05, 3.63) is 0 Å². The molecule has 0 heterocycles. The van der Waals surface area contributed by atoms with Crippen LogP contribution < -0.4 is 113 Å². The quantitative estimate of drug-likeness (QED) is 0.357. The molecule has 0 spiro atoms. The van der Waals surface area contributed by atoms with Crippen molar-refractivity contribution in [3.8, 4) is 0 Å². The van der Waals surface area contributed by atoms with E-state index in [-0.39, 0.29) is 103 Å². The molecule has 0 aliphatic carbocycles. The number of rotatable bonds is 2. The number of hydrogen-bond acceptors (Lipinski definition) is 5. The van der Waals surface area contributed by atoms with E-state index in [1.54, 1.807) is 0 Å². The first-order valence-corrected chi connectivity index (χ1v) is 3.39. The normalized spacial score (nSPS) is 14.7. The molecule has 0 bridgehead atoms. The van der Waals surface area contributed by atoms with Gasteiger partial charge in [-0.05, 0) is 0 Å². The van der Waals surface area contributed by atoms with E-state index in [9.17, 15) is 9.79 Å². The molecule has 2 atom stereocenters. The standard InChI is InChI=1S/2K.H2O5P2/c;;1-6(2)5-7(3)4/h;;1,3H/q2*+1;-2. The summed E-state index contributed by atoms with van der Waals surface area (Å²) >= 11 is 0. The predicted octanol–water partition coefficient (Wildman–Crippen LogP) is -7.83. The molecule has 0 aliphatic heterocycles. The van der Waals surface area contributed by atoms with E-state index < -0.39 is 17.2 Å². The zero-order chi connectivity index (χ0) is 5.86. The summed E-state index contributed by atoms with van der Waals surface area (Å²) in [5.41, 5.74) is 0. The Morgan fingerprint density at radius 2 is 1.22 bits per heavy atom. The molecule has 9 heteroatoms. The molecule has 44 valence electrons. The van der Waals surface area contributed by atoms with Crippen LogP contribution in [-0.4, -0.2) is 9.79 Å². The number of hydrogen-bond donors (Lipinski definition) is 2. The molecular weight excluding hydrogens is 220 g/mol. The van der Waals surface area contributed by atoms with Crippen molar-refractivity contribution >= 4 is 17.2 Å². The summed E-state index contributed by atoms with van der Waals surface area (Å²) in [6.07, 6.45) is 0. The summed E-state index contributed by atoms with van der Waals surface area (Å²) in [4.78, 5) is 34.1. The van der Waals surface area contributed by atoms with Crippen molar-refractivity contribution in [1.29, 1.82) is 0 Å². The summed E-state index contributed by atoms with van der Waals surface area (Å²) in [5.74, 6) is 0. The van der Waals surface area contributed by atoms with Crippen molar-refractivity contribution in [2.24, 2.45) is 0 Å². The first kappa shape index (κ1) is 18.7. The minimum absolute atomic E-state index is 0. The van der Waals surface area contributed by atoms with Crippen molar-refractivity contribution in [1.82, 2.24) is 0 Å². The summed E-state index contributed by atoms with van der Waals surface area (Å²) in [7, 11) is -5.85. The fraction of sp³-hybridized carbons (Fsp3) is 0. The van der Waals surface area contributed by atoms with E-state index in [1.165, 1.54) is 0 Å². The average Bonchev–Trinajstić information content (AvgIpc) is 1.27. The summed E-state index contributed by atoms with van der Waals surface area (Å²) < 4.78 is 3.38. The molecular formula is H2K2O5P2. The van der Waals surface area contributed by atoms with Crippen molar-refractivity contribution in [2.75, 3.05) is 0 Å². The van der Waals surface area contributed by atoms with Crippen LogP contribution in [0.4, 0.5) is 0 Å². The molecule has 5 nitrogen and oxygen atoms in total. The third kappa shape index (κ3) is 18.7. The zero-order valence-corrected chi connectivity index (χ0v) is 13.0. The van der Waals surface area contributed by atoms with E-state index in [4.69, 9.17) is 9.79 Å². The van der Waals surface area contributed by atoms with Gasteiger partial charge in [0.2, 0.25) is 0 Å². The van der Waals surface area contributed by atoms with Crippen molar-refractivity contribution < 1.29 is 127 Å². The molecule has 2 unspecified atom stereocenters. The molecule has 0 radical (unpaired) electrons. The Morgan fingerprint density at radius 1 is 1.00 bits per heavy atom. The van der Waals surface area contributed by atoms with Crippen LogP contribution >= 0.6 is 17.2 Å². The van der Waals surface area contributed by atoms with Crippen LogP contribution in [0.5, 0.6) is 0 Å². The van der Waals surface area contributed by atoms with E-state index in [0.29, 0.717) is 0 Å². The third-order valence-electron chi connectivity index (χ3n) is 0.140. The van der Waals surface area contributed by atoms with Crippen LogP contribution in [0, 0.1) is 0 Å². The molecule has 0 amide bonds.